The molecule has 6 aromatic rings. The topological polar surface area (TPSA) is 125 Å². The van der Waals surface area contributed by atoms with Crippen LogP contribution in [-0.2, 0) is 4.79 Å². The average molecular weight is 507 g/mol. The first-order valence-electron chi connectivity index (χ1n) is 12.1. The van der Waals surface area contributed by atoms with E-state index in [0.29, 0.717) is 34.8 Å². The van der Waals surface area contributed by atoms with Crippen molar-refractivity contribution in [3.05, 3.63) is 73.2 Å². The highest BCUT2D eigenvalue weighted by molar-refractivity contribution is 5.97. The first-order chi connectivity index (χ1) is 18.4. The normalized spacial score (nSPS) is 11.5. The Hall–Kier alpha value is -4.99. The van der Waals surface area contributed by atoms with Gasteiger partial charge in [0.1, 0.15) is 11.5 Å². The molecule has 6 rings (SSSR count). The maximum atomic E-state index is 13.5. The van der Waals surface area contributed by atoms with E-state index in [2.05, 4.69) is 35.5 Å². The molecule has 188 valence electrons. The Labute approximate surface area is 216 Å². The summed E-state index contributed by atoms with van der Waals surface area (Å²) in [5.74, 6) is 0.463. The highest BCUT2D eigenvalue weighted by atomic mass is 19.1. The molecule has 9 nitrogen and oxygen atoms in total. The van der Waals surface area contributed by atoms with Crippen LogP contribution in [0.4, 0.5) is 10.1 Å². The van der Waals surface area contributed by atoms with E-state index < -0.39 is 0 Å². The second-order valence-electron chi connectivity index (χ2n) is 9.47. The van der Waals surface area contributed by atoms with Gasteiger partial charge in [-0.3, -0.25) is 24.8 Å². The fraction of sp³-hybridized carbons (Fsp3) is 0.143. The summed E-state index contributed by atoms with van der Waals surface area (Å²) < 4.78 is 13.5. The average Bonchev–Trinajstić information content (AvgIpc) is 3.52. The minimum Gasteiger partial charge on any atom is -0.335 e. The fourth-order valence-corrected chi connectivity index (χ4v) is 4.37. The number of fused-ring (bicyclic) bond motifs is 2. The second kappa shape index (κ2) is 9.47. The Morgan fingerprint density at radius 2 is 1.79 bits per heavy atom. The van der Waals surface area contributed by atoms with Gasteiger partial charge >= 0.3 is 0 Å². The van der Waals surface area contributed by atoms with Crippen LogP contribution in [-0.4, -0.2) is 41.0 Å². The first-order valence-corrected chi connectivity index (χ1v) is 12.1. The lowest BCUT2D eigenvalue weighted by atomic mass is 10.1. The Bertz CT molecular complexity index is 1790. The molecule has 1 amide bonds. The monoisotopic (exact) mass is 506 g/mol. The predicted molar refractivity (Wildman–Crippen MR) is 143 cm³/mol. The van der Waals surface area contributed by atoms with E-state index in [1.54, 1.807) is 43.1 Å². The Morgan fingerprint density at radius 3 is 2.61 bits per heavy atom. The lowest BCUT2D eigenvalue weighted by molar-refractivity contribution is -0.116. The molecule has 3 N–H and O–H groups in total. The third-order valence-corrected chi connectivity index (χ3v) is 6.13. The van der Waals surface area contributed by atoms with Gasteiger partial charge in [-0.05, 0) is 35.7 Å². The number of halogens is 1. The molecule has 1 aromatic carbocycles. The number of pyridine rings is 3. The second-order valence-corrected chi connectivity index (χ2v) is 9.47. The number of hydrogen-bond acceptors (Lipinski definition) is 6. The number of nitrogens with one attached hydrogen (secondary N) is 3. The summed E-state index contributed by atoms with van der Waals surface area (Å²) in [7, 11) is 0. The lowest BCUT2D eigenvalue weighted by Crippen LogP contribution is -2.13. The van der Waals surface area contributed by atoms with Crippen molar-refractivity contribution >= 4 is 33.5 Å². The minimum absolute atomic E-state index is 0.0566. The summed E-state index contributed by atoms with van der Waals surface area (Å²) in [4.78, 5) is 33.5. The predicted octanol–water partition coefficient (Wildman–Crippen LogP) is 5.75. The van der Waals surface area contributed by atoms with Crippen LogP contribution in [0.1, 0.15) is 20.3 Å². The van der Waals surface area contributed by atoms with Crippen molar-refractivity contribution in [3.8, 4) is 33.9 Å². The largest absolute Gasteiger partial charge is 0.335 e. The van der Waals surface area contributed by atoms with Crippen molar-refractivity contribution in [2.45, 2.75) is 20.3 Å². The van der Waals surface area contributed by atoms with E-state index in [0.717, 1.165) is 33.1 Å². The van der Waals surface area contributed by atoms with E-state index >= 15 is 0 Å². The molecule has 5 heterocycles. The van der Waals surface area contributed by atoms with Gasteiger partial charge in [0.25, 0.3) is 0 Å². The number of nitrogens with zero attached hydrogens (tertiary/aromatic N) is 5. The van der Waals surface area contributed by atoms with E-state index in [-0.39, 0.29) is 17.6 Å². The molecule has 5 aromatic heterocycles. The van der Waals surface area contributed by atoms with Gasteiger partial charge in [0, 0.05) is 35.3 Å². The van der Waals surface area contributed by atoms with Gasteiger partial charge < -0.3 is 10.3 Å². The lowest BCUT2D eigenvalue weighted by Gasteiger charge is -2.08. The van der Waals surface area contributed by atoms with E-state index in [1.807, 2.05) is 26.0 Å². The van der Waals surface area contributed by atoms with Crippen LogP contribution in [0.15, 0.2) is 67.4 Å². The summed E-state index contributed by atoms with van der Waals surface area (Å²) in [6.07, 6.45) is 8.87. The van der Waals surface area contributed by atoms with Gasteiger partial charge in [-0.25, -0.2) is 9.37 Å². The molecule has 0 fully saturated rings. The minimum atomic E-state index is -0.303. The molecule has 0 aliphatic carbocycles. The molecule has 0 saturated carbocycles. The van der Waals surface area contributed by atoms with Crippen molar-refractivity contribution in [1.82, 2.24) is 35.1 Å². The fourth-order valence-electron chi connectivity index (χ4n) is 4.37. The van der Waals surface area contributed by atoms with Gasteiger partial charge in [0.15, 0.2) is 5.82 Å². The van der Waals surface area contributed by atoms with Crippen LogP contribution in [0, 0.1) is 11.7 Å². The third-order valence-electron chi connectivity index (χ3n) is 6.13. The smallest absolute Gasteiger partial charge is 0.224 e. The molecule has 0 spiro atoms. The Balaban J connectivity index is 1.38. The highest BCUT2D eigenvalue weighted by Gasteiger charge is 2.17. The standard InChI is InChI=1S/C28H23FN8O/c1-15(2)7-25(38)33-19-8-17(10-30-11-19)22-9-20-23(14-32-22)36-37-27(20)28-34-24-13-31-12-21(26(24)35-28)16-3-5-18(29)6-4-16/h3-6,8-15H,7H2,1-2H3,(H,33,38)(H,34,35)(H,36,37). The number of anilines is 1. The number of carbonyl (C=O) groups excluding carboxylic acids is 1. The van der Waals surface area contributed by atoms with Gasteiger partial charge in [-0.2, -0.15) is 5.10 Å². The zero-order valence-electron chi connectivity index (χ0n) is 20.7. The molecule has 10 heteroatoms. The maximum absolute atomic E-state index is 13.5. The van der Waals surface area contributed by atoms with Gasteiger partial charge in [0.05, 0.1) is 46.5 Å². The first kappa shape index (κ1) is 23.4. The van der Waals surface area contributed by atoms with Crippen molar-refractivity contribution in [3.63, 3.8) is 0 Å². The number of aromatic amines is 2. The van der Waals surface area contributed by atoms with Gasteiger partial charge in [-0.15, -0.1) is 0 Å². The SMILES string of the molecule is CC(C)CC(=O)Nc1cncc(-c2cc3c(-c4nc5c(-c6ccc(F)cc6)cncc5[nH]4)n[nH]c3cn2)c1. The molecule has 0 atom stereocenters. The number of aromatic nitrogens is 7. The zero-order chi connectivity index (χ0) is 26.2. The molecule has 0 bridgehead atoms. The van der Waals surface area contributed by atoms with Crippen LogP contribution in [0.3, 0.4) is 0 Å². The zero-order valence-corrected chi connectivity index (χ0v) is 20.7. The summed E-state index contributed by atoms with van der Waals surface area (Å²) in [6.45, 7) is 4.00. The van der Waals surface area contributed by atoms with Crippen LogP contribution in [0.5, 0.6) is 0 Å². The van der Waals surface area contributed by atoms with Crippen molar-refractivity contribution in [1.29, 1.82) is 0 Å². The van der Waals surface area contributed by atoms with Gasteiger partial charge in [0.2, 0.25) is 5.91 Å². The number of hydrogen-bond donors (Lipinski definition) is 3. The number of amides is 1. The van der Waals surface area contributed by atoms with Crippen LogP contribution in [0.2, 0.25) is 0 Å². The highest BCUT2D eigenvalue weighted by Crippen LogP contribution is 2.32. The van der Waals surface area contributed by atoms with Crippen molar-refractivity contribution in [2.24, 2.45) is 5.92 Å². The van der Waals surface area contributed by atoms with Gasteiger partial charge in [-0.1, -0.05) is 26.0 Å². The number of carbonyl (C=O) groups is 1. The van der Waals surface area contributed by atoms with Crippen LogP contribution in [0.25, 0.3) is 55.8 Å². The summed E-state index contributed by atoms with van der Waals surface area (Å²) in [6, 6.07) is 10.00. The van der Waals surface area contributed by atoms with Crippen LogP contribution >= 0.6 is 0 Å². The van der Waals surface area contributed by atoms with E-state index in [9.17, 15) is 9.18 Å². The Kier molecular flexibility index (Phi) is 5.83. The Morgan fingerprint density at radius 1 is 0.974 bits per heavy atom. The summed E-state index contributed by atoms with van der Waals surface area (Å²) >= 11 is 0. The molecule has 0 aliphatic heterocycles. The summed E-state index contributed by atoms with van der Waals surface area (Å²) in [5.41, 5.74) is 6.47. The number of rotatable bonds is 6. The van der Waals surface area contributed by atoms with E-state index in [4.69, 9.17) is 4.98 Å². The van der Waals surface area contributed by atoms with Crippen molar-refractivity contribution in [2.75, 3.05) is 5.32 Å². The molecule has 0 aliphatic rings. The number of imidazole rings is 1. The van der Waals surface area contributed by atoms with Crippen molar-refractivity contribution < 1.29 is 9.18 Å². The van der Waals surface area contributed by atoms with Crippen LogP contribution < -0.4 is 5.32 Å². The molecular weight excluding hydrogens is 483 g/mol. The maximum Gasteiger partial charge on any atom is 0.224 e. The molecular formula is C28H23FN8O. The molecule has 0 radical (unpaired) electrons. The summed E-state index contributed by atoms with van der Waals surface area (Å²) in [5, 5.41) is 11.2. The molecule has 0 saturated heterocycles. The number of benzene rings is 1. The molecule has 38 heavy (non-hydrogen) atoms. The number of H-pyrrole nitrogens is 2. The quantitative estimate of drug-likeness (QED) is 0.264. The molecule has 0 unspecified atom stereocenters. The van der Waals surface area contributed by atoms with E-state index in [1.165, 1.54) is 12.1 Å². The third kappa shape index (κ3) is 4.47.